The van der Waals surface area contributed by atoms with Crippen molar-refractivity contribution in [1.82, 2.24) is 0 Å². The summed E-state index contributed by atoms with van der Waals surface area (Å²) in [5.74, 6) is 0. The lowest BCUT2D eigenvalue weighted by molar-refractivity contribution is -0.0332. The minimum absolute atomic E-state index is 0.312. The van der Waals surface area contributed by atoms with Crippen molar-refractivity contribution in [2.45, 2.75) is 71.3 Å². The van der Waals surface area contributed by atoms with Crippen LogP contribution in [0.1, 0.15) is 65.7 Å². The Kier molecular flexibility index (Phi) is 3.39. The lowest BCUT2D eigenvalue weighted by atomic mass is 9.72. The van der Waals surface area contributed by atoms with E-state index in [1.54, 1.807) is 0 Å². The fourth-order valence-corrected chi connectivity index (χ4v) is 2.40. The molecule has 0 amide bonds. The Balaban J connectivity index is 2.49. The Hall–Kier alpha value is -0.0400. The van der Waals surface area contributed by atoms with Crippen molar-refractivity contribution < 1.29 is 5.11 Å². The molecule has 1 fully saturated rings. The van der Waals surface area contributed by atoms with Crippen LogP contribution in [-0.4, -0.2) is 10.7 Å². The second-order valence-electron chi connectivity index (χ2n) is 5.48. The fourth-order valence-electron chi connectivity index (χ4n) is 2.40. The second kappa shape index (κ2) is 4.00. The summed E-state index contributed by atoms with van der Waals surface area (Å²) in [6.07, 6.45) is 7.94. The number of hydrogen-bond donors (Lipinski definition) is 1. The van der Waals surface area contributed by atoms with Gasteiger partial charge in [-0.1, -0.05) is 46.5 Å². The van der Waals surface area contributed by atoms with Crippen molar-refractivity contribution in [3.8, 4) is 0 Å². The lowest BCUT2D eigenvalue weighted by Crippen LogP contribution is -2.36. The molecule has 0 aromatic heterocycles. The van der Waals surface area contributed by atoms with Gasteiger partial charge >= 0.3 is 0 Å². The Morgan fingerprint density at radius 1 is 1.15 bits per heavy atom. The van der Waals surface area contributed by atoms with Gasteiger partial charge in [0.05, 0.1) is 5.60 Å². The van der Waals surface area contributed by atoms with Crippen LogP contribution in [-0.2, 0) is 0 Å². The molecular formula is C12H24O. The molecule has 0 saturated heterocycles. The summed E-state index contributed by atoms with van der Waals surface area (Å²) in [5.41, 5.74) is -0.0240. The van der Waals surface area contributed by atoms with Crippen molar-refractivity contribution in [2.24, 2.45) is 5.41 Å². The molecule has 0 spiro atoms. The van der Waals surface area contributed by atoms with E-state index < -0.39 is 0 Å². The fraction of sp³-hybridized carbons (Fsp3) is 1.00. The van der Waals surface area contributed by atoms with Crippen LogP contribution in [0, 0.1) is 5.41 Å². The maximum absolute atomic E-state index is 10.3. The van der Waals surface area contributed by atoms with E-state index in [4.69, 9.17) is 0 Å². The highest BCUT2D eigenvalue weighted by molar-refractivity contribution is 4.87. The van der Waals surface area contributed by atoms with Gasteiger partial charge in [0.2, 0.25) is 0 Å². The van der Waals surface area contributed by atoms with Gasteiger partial charge in [-0.2, -0.15) is 0 Å². The van der Waals surface area contributed by atoms with Crippen LogP contribution in [0.4, 0.5) is 0 Å². The maximum Gasteiger partial charge on any atom is 0.0652 e. The molecule has 1 aliphatic rings. The molecule has 0 aromatic carbocycles. The third-order valence-corrected chi connectivity index (χ3v) is 3.55. The molecule has 1 aliphatic carbocycles. The SMILES string of the molecule is CCC(C)(C)CC1(O)CCCCC1. The Labute approximate surface area is 82.5 Å². The molecule has 13 heavy (non-hydrogen) atoms. The molecule has 1 N–H and O–H groups in total. The van der Waals surface area contributed by atoms with Crippen molar-refractivity contribution in [2.75, 3.05) is 0 Å². The minimum atomic E-state index is -0.336. The molecule has 0 atom stereocenters. The highest BCUT2D eigenvalue weighted by atomic mass is 16.3. The minimum Gasteiger partial charge on any atom is -0.390 e. The second-order valence-corrected chi connectivity index (χ2v) is 5.48. The van der Waals surface area contributed by atoms with Gasteiger partial charge in [0.1, 0.15) is 0 Å². The first kappa shape index (κ1) is 11.0. The monoisotopic (exact) mass is 184 g/mol. The molecule has 0 unspecified atom stereocenters. The number of rotatable bonds is 3. The van der Waals surface area contributed by atoms with E-state index in [0.717, 1.165) is 25.7 Å². The third-order valence-electron chi connectivity index (χ3n) is 3.55. The summed E-state index contributed by atoms with van der Waals surface area (Å²) in [5, 5.41) is 10.3. The van der Waals surface area contributed by atoms with Crippen LogP contribution in [0.5, 0.6) is 0 Å². The van der Waals surface area contributed by atoms with E-state index in [1.807, 2.05) is 0 Å². The summed E-state index contributed by atoms with van der Waals surface area (Å²) >= 11 is 0. The normalized spacial score (nSPS) is 23.1. The first-order valence-corrected chi connectivity index (χ1v) is 5.70. The molecular weight excluding hydrogens is 160 g/mol. The first-order valence-electron chi connectivity index (χ1n) is 5.70. The van der Waals surface area contributed by atoms with E-state index in [9.17, 15) is 5.11 Å². The van der Waals surface area contributed by atoms with Crippen LogP contribution < -0.4 is 0 Å². The van der Waals surface area contributed by atoms with Crippen LogP contribution in [0.2, 0.25) is 0 Å². The molecule has 0 bridgehead atoms. The molecule has 78 valence electrons. The van der Waals surface area contributed by atoms with Gasteiger partial charge in [0.15, 0.2) is 0 Å². The first-order chi connectivity index (χ1) is 5.97. The van der Waals surface area contributed by atoms with E-state index >= 15 is 0 Å². The third kappa shape index (κ3) is 3.30. The van der Waals surface area contributed by atoms with Crippen molar-refractivity contribution in [1.29, 1.82) is 0 Å². The molecule has 0 aliphatic heterocycles. The van der Waals surface area contributed by atoms with Gasteiger partial charge in [-0.25, -0.2) is 0 Å². The Morgan fingerprint density at radius 3 is 2.15 bits per heavy atom. The van der Waals surface area contributed by atoms with E-state index in [-0.39, 0.29) is 5.60 Å². The van der Waals surface area contributed by atoms with E-state index in [2.05, 4.69) is 20.8 Å². The summed E-state index contributed by atoms with van der Waals surface area (Å²) in [4.78, 5) is 0. The average molecular weight is 184 g/mol. The predicted molar refractivity (Wildman–Crippen MR) is 56.7 cm³/mol. The summed E-state index contributed by atoms with van der Waals surface area (Å²) in [7, 11) is 0. The van der Waals surface area contributed by atoms with E-state index in [0.29, 0.717) is 5.41 Å². The molecule has 0 aromatic rings. The van der Waals surface area contributed by atoms with Gasteiger partial charge in [-0.3, -0.25) is 0 Å². The van der Waals surface area contributed by atoms with Gasteiger partial charge < -0.3 is 5.11 Å². The van der Waals surface area contributed by atoms with E-state index in [1.165, 1.54) is 19.3 Å². The van der Waals surface area contributed by atoms with Crippen LogP contribution >= 0.6 is 0 Å². The van der Waals surface area contributed by atoms with Gasteiger partial charge in [-0.15, -0.1) is 0 Å². The smallest absolute Gasteiger partial charge is 0.0652 e. The molecule has 1 rings (SSSR count). The quantitative estimate of drug-likeness (QED) is 0.711. The summed E-state index contributed by atoms with van der Waals surface area (Å²) in [6.45, 7) is 6.74. The highest BCUT2D eigenvalue weighted by Gasteiger charge is 2.34. The standard InChI is InChI=1S/C12H24O/c1-4-11(2,3)10-12(13)8-6-5-7-9-12/h13H,4-10H2,1-3H3. The number of aliphatic hydroxyl groups is 1. The van der Waals surface area contributed by atoms with Crippen molar-refractivity contribution in [3.05, 3.63) is 0 Å². The molecule has 1 nitrogen and oxygen atoms in total. The van der Waals surface area contributed by atoms with Gasteiger partial charge in [0.25, 0.3) is 0 Å². The lowest BCUT2D eigenvalue weighted by Gasteiger charge is -2.38. The summed E-state index contributed by atoms with van der Waals surface area (Å²) < 4.78 is 0. The maximum atomic E-state index is 10.3. The topological polar surface area (TPSA) is 20.2 Å². The van der Waals surface area contributed by atoms with Crippen LogP contribution in [0.15, 0.2) is 0 Å². The van der Waals surface area contributed by atoms with Gasteiger partial charge in [0, 0.05) is 0 Å². The number of hydrogen-bond acceptors (Lipinski definition) is 1. The molecule has 1 saturated carbocycles. The van der Waals surface area contributed by atoms with Crippen molar-refractivity contribution in [3.63, 3.8) is 0 Å². The highest BCUT2D eigenvalue weighted by Crippen LogP contribution is 2.39. The largest absolute Gasteiger partial charge is 0.390 e. The van der Waals surface area contributed by atoms with Crippen LogP contribution in [0.25, 0.3) is 0 Å². The molecule has 1 heteroatoms. The zero-order valence-corrected chi connectivity index (χ0v) is 9.40. The summed E-state index contributed by atoms with van der Waals surface area (Å²) in [6, 6.07) is 0. The zero-order valence-electron chi connectivity index (χ0n) is 9.40. The Bertz CT molecular complexity index is 155. The zero-order chi connectivity index (χ0) is 9.95. The van der Waals surface area contributed by atoms with Crippen molar-refractivity contribution >= 4 is 0 Å². The molecule has 0 heterocycles. The predicted octanol–water partition coefficient (Wildman–Crippen LogP) is 3.51. The Morgan fingerprint density at radius 2 is 1.69 bits per heavy atom. The van der Waals surface area contributed by atoms with Gasteiger partial charge in [-0.05, 0) is 24.7 Å². The average Bonchev–Trinajstić information content (AvgIpc) is 2.04. The van der Waals surface area contributed by atoms with Crippen LogP contribution in [0.3, 0.4) is 0 Å². The molecule has 0 radical (unpaired) electrons.